The van der Waals surface area contributed by atoms with E-state index in [4.69, 9.17) is 13.5 Å². The van der Waals surface area contributed by atoms with Crippen molar-refractivity contribution in [3.05, 3.63) is 143 Å². The molecule has 3 aromatic heterocycles. The van der Waals surface area contributed by atoms with E-state index < -0.39 is 20.7 Å². The first-order valence-electron chi connectivity index (χ1n) is 22.4. The van der Waals surface area contributed by atoms with E-state index in [1.807, 2.05) is 24.4 Å². The first-order valence-corrected chi connectivity index (χ1v) is 24.4. The van der Waals surface area contributed by atoms with Gasteiger partial charge in [0, 0.05) is 47.3 Å². The number of rotatable bonds is 7. The number of hydrogen-bond donors (Lipinski definition) is 0. The second-order valence-electron chi connectivity index (χ2n) is 18.8. The molecule has 8 heteroatoms. The van der Waals surface area contributed by atoms with Gasteiger partial charge in [-0.25, -0.2) is 4.39 Å². The van der Waals surface area contributed by atoms with Gasteiger partial charge in [0.1, 0.15) is 0 Å². The second kappa shape index (κ2) is 17.5. The molecule has 0 unspecified atom stereocenters. The fourth-order valence-electron chi connectivity index (χ4n) is 7.79. The first kappa shape index (κ1) is 41.6. The van der Waals surface area contributed by atoms with Crippen molar-refractivity contribution in [3.63, 3.8) is 0 Å². The molecule has 0 aliphatic rings. The van der Waals surface area contributed by atoms with E-state index in [1.54, 1.807) is 18.2 Å². The number of aromatic nitrogens is 3. The Bertz CT molecular complexity index is 2930. The number of benzene rings is 5. The quantitative estimate of drug-likeness (QED) is 0.118. The molecule has 0 amide bonds. The molecule has 8 aromatic rings. The van der Waals surface area contributed by atoms with Crippen molar-refractivity contribution in [2.75, 3.05) is 0 Å². The van der Waals surface area contributed by atoms with Crippen LogP contribution in [0.3, 0.4) is 0 Å². The van der Waals surface area contributed by atoms with Crippen LogP contribution in [0, 0.1) is 30.6 Å². The van der Waals surface area contributed by atoms with Gasteiger partial charge in [0.05, 0.1) is 30.5 Å². The third-order valence-corrected chi connectivity index (χ3v) is 13.3. The Kier molecular flexibility index (Phi) is 12.0. The largest absolute Gasteiger partial charge is 0.497 e. The average Bonchev–Trinajstić information content (AvgIpc) is 3.79. The molecule has 0 saturated carbocycles. The van der Waals surface area contributed by atoms with Gasteiger partial charge in [0.2, 0.25) is 0 Å². The molecule has 0 saturated heterocycles. The van der Waals surface area contributed by atoms with Crippen LogP contribution >= 0.6 is 0 Å². The van der Waals surface area contributed by atoms with Crippen molar-refractivity contribution in [3.8, 4) is 28.3 Å². The van der Waals surface area contributed by atoms with Crippen molar-refractivity contribution in [1.82, 2.24) is 14.5 Å². The fourth-order valence-corrected chi connectivity index (χ4v) is 8.83. The van der Waals surface area contributed by atoms with E-state index >= 15 is 4.39 Å². The number of furan rings is 1. The maximum atomic E-state index is 15.2. The van der Waals surface area contributed by atoms with Crippen molar-refractivity contribution in [2.24, 2.45) is 0 Å². The van der Waals surface area contributed by atoms with E-state index in [2.05, 4.69) is 128 Å². The molecule has 5 aromatic carbocycles. The summed E-state index contributed by atoms with van der Waals surface area (Å²) in [6, 6.07) is 31.7. The summed E-state index contributed by atoms with van der Waals surface area (Å²) < 4.78 is 61.4. The zero-order valence-electron chi connectivity index (χ0n) is 40.2. The van der Waals surface area contributed by atoms with Gasteiger partial charge in [-0.05, 0) is 68.4 Å². The summed E-state index contributed by atoms with van der Waals surface area (Å²) in [7, 11) is -1.30. The van der Waals surface area contributed by atoms with Crippen LogP contribution in [0.4, 0.5) is 8.78 Å². The average molecular weight is 1010 g/mol. The molecule has 0 spiro atoms. The molecule has 3 heterocycles. The number of fused-ring (bicyclic) bond motifs is 4. The maximum absolute atomic E-state index is 15.2. The van der Waals surface area contributed by atoms with Gasteiger partial charge < -0.3 is 14.0 Å². The summed E-state index contributed by atoms with van der Waals surface area (Å²) >= 11 is 0. The summed E-state index contributed by atoms with van der Waals surface area (Å²) in [4.78, 5) is 9.67. The maximum Gasteiger partial charge on any atom is 0.165 e. The van der Waals surface area contributed by atoms with Crippen LogP contribution in [0.2, 0.25) is 19.6 Å². The molecule has 319 valence electrons. The second-order valence-corrected chi connectivity index (χ2v) is 23.9. The Morgan fingerprint density at radius 2 is 1.46 bits per heavy atom. The Morgan fingerprint density at radius 3 is 2.02 bits per heavy atom. The topological polar surface area (TPSA) is 43.9 Å². The minimum atomic E-state index is -2.46. The van der Waals surface area contributed by atoms with Gasteiger partial charge in [0.15, 0.2) is 11.4 Å². The van der Waals surface area contributed by atoms with E-state index in [-0.39, 0.29) is 65.8 Å². The monoisotopic (exact) mass is 1010 g/mol. The Morgan fingerprint density at radius 1 is 0.787 bits per heavy atom. The first-order chi connectivity index (χ1) is 29.5. The normalized spacial score (nSPS) is 13.1. The van der Waals surface area contributed by atoms with Gasteiger partial charge in [-0.3, -0.25) is 9.37 Å². The van der Waals surface area contributed by atoms with Gasteiger partial charge in [-0.1, -0.05) is 148 Å². The SMILES string of the molecule is C[Si](C)(C)c1ccc(-c2[c-]cc(F)cc2)nc1.[2H]C([2H])([2H])c1c[c-]c(-c2nc3cccc(C(C)C)c3n2-c2c(C(C)C)cc(C(C)(C)C)cc2C(C)C)c2oc3c(F)cccc3c12.[Ir]. The molecular weight excluding hydrogens is 953 g/mol. The van der Waals surface area contributed by atoms with Crippen LogP contribution in [-0.4, -0.2) is 22.6 Å². The Hall–Kier alpha value is -4.75. The van der Waals surface area contributed by atoms with Gasteiger partial charge in [-0.15, -0.1) is 47.5 Å². The molecule has 0 atom stereocenters. The number of imidazole rings is 1. The van der Waals surface area contributed by atoms with E-state index in [1.165, 1.54) is 46.1 Å². The number of hydrogen-bond acceptors (Lipinski definition) is 3. The number of aryl methyl sites for hydroxylation is 1. The predicted octanol–water partition coefficient (Wildman–Crippen LogP) is 14.7. The van der Waals surface area contributed by atoms with E-state index in [0.717, 1.165) is 33.5 Å². The summed E-state index contributed by atoms with van der Waals surface area (Å²) in [6.07, 6.45) is 1.93. The van der Waals surface area contributed by atoms with Crippen LogP contribution in [0.25, 0.3) is 61.3 Å². The molecule has 0 bridgehead atoms. The molecular formula is C53H57F2IrN3OSi-2. The molecule has 0 fully saturated rings. The van der Waals surface area contributed by atoms with Crippen molar-refractivity contribution >= 4 is 46.2 Å². The smallest absolute Gasteiger partial charge is 0.165 e. The molecule has 0 N–H and O–H groups in total. The van der Waals surface area contributed by atoms with Crippen molar-refractivity contribution < 1.29 is 37.4 Å². The fraction of sp³-hybridized carbons (Fsp3) is 0.321. The minimum absolute atomic E-state index is 0. The molecule has 1 radical (unpaired) electrons. The molecule has 4 nitrogen and oxygen atoms in total. The molecule has 0 aliphatic heterocycles. The zero-order chi connectivity index (χ0) is 45.9. The zero-order valence-corrected chi connectivity index (χ0v) is 40.6. The summed E-state index contributed by atoms with van der Waals surface area (Å²) in [6.45, 7) is 24.3. The predicted molar refractivity (Wildman–Crippen MR) is 250 cm³/mol. The Labute approximate surface area is 379 Å². The van der Waals surface area contributed by atoms with Gasteiger partial charge in [-0.2, -0.15) is 0 Å². The third-order valence-electron chi connectivity index (χ3n) is 11.3. The van der Waals surface area contributed by atoms with Crippen LogP contribution in [0.1, 0.15) is 112 Å². The van der Waals surface area contributed by atoms with Crippen LogP contribution < -0.4 is 5.19 Å². The van der Waals surface area contributed by atoms with Gasteiger partial charge >= 0.3 is 0 Å². The van der Waals surface area contributed by atoms with Crippen molar-refractivity contribution in [2.45, 2.75) is 112 Å². The molecule has 8 rings (SSSR count). The van der Waals surface area contributed by atoms with Crippen LogP contribution in [-0.2, 0) is 25.5 Å². The summed E-state index contributed by atoms with van der Waals surface area (Å²) in [5.74, 6) is 0.341. The number of halogens is 2. The van der Waals surface area contributed by atoms with Crippen molar-refractivity contribution in [1.29, 1.82) is 0 Å². The van der Waals surface area contributed by atoms with Crippen LogP contribution in [0.15, 0.2) is 95.5 Å². The summed E-state index contributed by atoms with van der Waals surface area (Å²) in [5.41, 5.74) is 10.1. The third kappa shape index (κ3) is 8.96. The summed E-state index contributed by atoms with van der Waals surface area (Å²) in [5, 5.41) is 2.10. The molecule has 0 aliphatic carbocycles. The van der Waals surface area contributed by atoms with E-state index in [9.17, 15) is 4.39 Å². The van der Waals surface area contributed by atoms with E-state index in [0.29, 0.717) is 22.2 Å². The standard InChI is InChI=1S/C39H42FN2O.C14H15FNSi.Ir/c1-21(2)26-13-12-16-32-35(26)42(34-29(22(3)4)19-25(39(8,9)10)20-30(34)23(5)6)38(41-32)28-18-17-24(7)33-27-14-11-15-31(40)36(27)43-37(28)33;1-17(2,3)13-8-9-14(16-10-13)11-4-6-12(15)7-5-11;/h11-17,19-23H,1-10H3;4,6-10H,1-3H3;/q2*-1;/i7D3;;. The Balaban J connectivity index is 0.000000317. The number of nitrogens with zero attached hydrogens (tertiary/aromatic N) is 3. The molecule has 61 heavy (non-hydrogen) atoms. The number of para-hydroxylation sites is 2. The number of pyridine rings is 1. The minimum Gasteiger partial charge on any atom is -0.497 e. The van der Waals surface area contributed by atoms with Gasteiger partial charge in [0.25, 0.3) is 0 Å². The van der Waals surface area contributed by atoms with Crippen LogP contribution in [0.5, 0.6) is 0 Å².